The lowest BCUT2D eigenvalue weighted by atomic mass is 10.1. The standard InChI is InChI=1S/C26H34N6O2/c27-26(33)32(23-19-29-25-21(23)9-6-11-28-25)13-3-2-12-30-14-16-31(17-15-30)22-10-5-8-20-7-1-4-18-34-24(20)22/h5-6,8-11,19H,1-4,7,12-18H2,(H2,27,33)(H,28,29). The van der Waals surface area contributed by atoms with Gasteiger partial charge < -0.3 is 20.4 Å². The number of carbonyl (C=O) groups excluding carboxylic acids is 1. The topological polar surface area (TPSA) is 90.7 Å². The van der Waals surface area contributed by atoms with Gasteiger partial charge in [-0.3, -0.25) is 9.80 Å². The molecule has 34 heavy (non-hydrogen) atoms. The van der Waals surface area contributed by atoms with Crippen molar-refractivity contribution in [2.45, 2.75) is 32.1 Å². The van der Waals surface area contributed by atoms with Crippen LogP contribution >= 0.6 is 0 Å². The molecule has 8 nitrogen and oxygen atoms in total. The van der Waals surface area contributed by atoms with Crippen LogP contribution < -0.4 is 20.3 Å². The van der Waals surface area contributed by atoms with Crippen LogP contribution in [0, 0.1) is 0 Å². The number of primary amides is 1. The number of urea groups is 1. The molecule has 5 rings (SSSR count). The summed E-state index contributed by atoms with van der Waals surface area (Å²) in [6.07, 6.45) is 8.92. The number of carbonyl (C=O) groups is 1. The molecule has 180 valence electrons. The van der Waals surface area contributed by atoms with E-state index in [1.54, 1.807) is 11.1 Å². The maximum absolute atomic E-state index is 12.1. The molecule has 0 atom stereocenters. The molecule has 1 saturated heterocycles. The van der Waals surface area contributed by atoms with E-state index in [-0.39, 0.29) is 0 Å². The first kappa shape index (κ1) is 22.5. The lowest BCUT2D eigenvalue weighted by Crippen LogP contribution is -2.47. The normalized spacial score (nSPS) is 16.6. The van der Waals surface area contributed by atoms with Gasteiger partial charge in [0.25, 0.3) is 0 Å². The third-order valence-electron chi connectivity index (χ3n) is 6.97. The van der Waals surface area contributed by atoms with E-state index in [1.165, 1.54) is 17.7 Å². The number of hydrogen-bond donors (Lipinski definition) is 2. The van der Waals surface area contributed by atoms with Crippen LogP contribution in [0.5, 0.6) is 5.75 Å². The van der Waals surface area contributed by atoms with Crippen molar-refractivity contribution in [3.63, 3.8) is 0 Å². The van der Waals surface area contributed by atoms with Crippen molar-refractivity contribution in [2.75, 3.05) is 55.7 Å². The molecule has 2 amide bonds. The summed E-state index contributed by atoms with van der Waals surface area (Å²) >= 11 is 0. The highest BCUT2D eigenvalue weighted by Crippen LogP contribution is 2.35. The molecule has 2 aliphatic heterocycles. The van der Waals surface area contributed by atoms with Crippen molar-refractivity contribution < 1.29 is 9.53 Å². The zero-order valence-electron chi connectivity index (χ0n) is 19.7. The highest BCUT2D eigenvalue weighted by molar-refractivity contribution is 6.01. The Balaban J connectivity index is 1.11. The molecule has 2 aromatic heterocycles. The number of H-pyrrole nitrogens is 1. The first-order valence-electron chi connectivity index (χ1n) is 12.4. The van der Waals surface area contributed by atoms with Gasteiger partial charge in [0.2, 0.25) is 0 Å². The number of benzene rings is 1. The van der Waals surface area contributed by atoms with Crippen LogP contribution in [-0.4, -0.2) is 66.8 Å². The third kappa shape index (κ3) is 4.82. The molecule has 1 aromatic carbocycles. The fraction of sp³-hybridized carbons (Fsp3) is 0.462. The van der Waals surface area contributed by atoms with Crippen molar-refractivity contribution in [1.29, 1.82) is 0 Å². The summed E-state index contributed by atoms with van der Waals surface area (Å²) in [4.78, 5) is 26.2. The molecule has 0 spiro atoms. The van der Waals surface area contributed by atoms with Crippen molar-refractivity contribution in [3.05, 3.63) is 48.3 Å². The van der Waals surface area contributed by atoms with Crippen LogP contribution in [0.2, 0.25) is 0 Å². The first-order chi connectivity index (χ1) is 16.7. The van der Waals surface area contributed by atoms with E-state index in [9.17, 15) is 4.79 Å². The Kier molecular flexibility index (Phi) is 6.85. The van der Waals surface area contributed by atoms with Gasteiger partial charge in [0, 0.05) is 50.5 Å². The predicted molar refractivity (Wildman–Crippen MR) is 136 cm³/mol. The number of aromatic nitrogens is 2. The quantitative estimate of drug-likeness (QED) is 0.522. The Labute approximate surface area is 200 Å². The van der Waals surface area contributed by atoms with Gasteiger partial charge >= 0.3 is 6.03 Å². The van der Waals surface area contributed by atoms with Gasteiger partial charge in [0.1, 0.15) is 11.4 Å². The number of rotatable bonds is 7. The number of pyridine rings is 1. The average Bonchev–Trinajstić information content (AvgIpc) is 3.12. The fourth-order valence-electron chi connectivity index (χ4n) is 5.11. The first-order valence-corrected chi connectivity index (χ1v) is 12.4. The Morgan fingerprint density at radius 1 is 1.12 bits per heavy atom. The third-order valence-corrected chi connectivity index (χ3v) is 6.97. The van der Waals surface area contributed by atoms with E-state index in [0.29, 0.717) is 6.54 Å². The second-order valence-electron chi connectivity index (χ2n) is 9.17. The minimum Gasteiger partial charge on any atom is -0.491 e. The minimum atomic E-state index is -0.428. The molecule has 0 radical (unpaired) electrons. The maximum Gasteiger partial charge on any atom is 0.319 e. The average molecular weight is 463 g/mol. The number of para-hydroxylation sites is 1. The minimum absolute atomic E-state index is 0.428. The molecular weight excluding hydrogens is 428 g/mol. The maximum atomic E-state index is 12.1. The number of amides is 2. The Morgan fingerprint density at radius 3 is 2.85 bits per heavy atom. The number of ether oxygens (including phenoxy) is 1. The second-order valence-corrected chi connectivity index (χ2v) is 9.17. The van der Waals surface area contributed by atoms with Crippen molar-refractivity contribution in [3.8, 4) is 5.75 Å². The molecule has 0 aliphatic carbocycles. The lowest BCUT2D eigenvalue weighted by molar-refractivity contribution is 0.248. The number of nitrogens with two attached hydrogens (primary N) is 1. The van der Waals surface area contributed by atoms with E-state index < -0.39 is 6.03 Å². The second kappa shape index (κ2) is 10.3. The highest BCUT2D eigenvalue weighted by Gasteiger charge is 2.22. The van der Waals surface area contributed by atoms with Crippen LogP contribution in [0.15, 0.2) is 42.7 Å². The summed E-state index contributed by atoms with van der Waals surface area (Å²) in [6, 6.07) is 9.99. The van der Waals surface area contributed by atoms with Gasteiger partial charge in [-0.2, -0.15) is 0 Å². The van der Waals surface area contributed by atoms with Gasteiger partial charge in [-0.25, -0.2) is 9.78 Å². The van der Waals surface area contributed by atoms with Crippen molar-refractivity contribution >= 4 is 28.4 Å². The number of unbranched alkanes of at least 4 members (excludes halogenated alkanes) is 1. The van der Waals surface area contributed by atoms with Gasteiger partial charge in [0.15, 0.2) is 0 Å². The largest absolute Gasteiger partial charge is 0.491 e. The van der Waals surface area contributed by atoms with Crippen LogP contribution in [0.25, 0.3) is 11.0 Å². The number of nitrogens with zero attached hydrogens (tertiary/aromatic N) is 4. The summed E-state index contributed by atoms with van der Waals surface area (Å²) in [5.41, 5.74) is 9.87. The van der Waals surface area contributed by atoms with E-state index in [1.807, 2.05) is 18.3 Å². The number of anilines is 2. The number of piperazine rings is 1. The number of aromatic amines is 1. The number of fused-ring (bicyclic) bond motifs is 2. The molecule has 0 saturated carbocycles. The molecule has 4 heterocycles. The lowest BCUT2D eigenvalue weighted by Gasteiger charge is -2.37. The van der Waals surface area contributed by atoms with E-state index in [2.05, 4.69) is 38.0 Å². The number of aryl methyl sites for hydroxylation is 1. The monoisotopic (exact) mass is 462 g/mol. The Bertz CT molecular complexity index is 1120. The van der Waals surface area contributed by atoms with Gasteiger partial charge in [0.05, 0.1) is 18.0 Å². The smallest absolute Gasteiger partial charge is 0.319 e. The number of nitrogens with one attached hydrogen (secondary N) is 1. The predicted octanol–water partition coefficient (Wildman–Crippen LogP) is 3.77. The summed E-state index contributed by atoms with van der Waals surface area (Å²) in [5, 5.41) is 0.917. The molecule has 3 aromatic rings. The molecule has 2 aliphatic rings. The highest BCUT2D eigenvalue weighted by atomic mass is 16.5. The van der Waals surface area contributed by atoms with Gasteiger partial charge in [-0.05, 0) is 62.4 Å². The van der Waals surface area contributed by atoms with Gasteiger partial charge in [-0.15, -0.1) is 0 Å². The molecule has 3 N–H and O–H groups in total. The van der Waals surface area contributed by atoms with Crippen LogP contribution in [0.1, 0.15) is 31.2 Å². The summed E-state index contributed by atoms with van der Waals surface area (Å²) in [5.74, 6) is 1.10. The zero-order chi connectivity index (χ0) is 23.3. The summed E-state index contributed by atoms with van der Waals surface area (Å²) in [6.45, 7) is 6.55. The Morgan fingerprint density at radius 2 is 2.00 bits per heavy atom. The van der Waals surface area contributed by atoms with E-state index in [0.717, 1.165) is 87.5 Å². The molecule has 1 fully saturated rings. The van der Waals surface area contributed by atoms with Crippen molar-refractivity contribution in [1.82, 2.24) is 14.9 Å². The molecule has 0 bridgehead atoms. The fourth-order valence-corrected chi connectivity index (χ4v) is 5.11. The van der Waals surface area contributed by atoms with Crippen LogP contribution in [0.4, 0.5) is 16.2 Å². The van der Waals surface area contributed by atoms with Crippen LogP contribution in [0.3, 0.4) is 0 Å². The van der Waals surface area contributed by atoms with Crippen LogP contribution in [-0.2, 0) is 6.42 Å². The van der Waals surface area contributed by atoms with E-state index in [4.69, 9.17) is 10.5 Å². The molecular formula is C26H34N6O2. The zero-order valence-corrected chi connectivity index (χ0v) is 19.7. The summed E-state index contributed by atoms with van der Waals surface area (Å²) < 4.78 is 6.13. The van der Waals surface area contributed by atoms with E-state index >= 15 is 0 Å². The van der Waals surface area contributed by atoms with Gasteiger partial charge in [-0.1, -0.05) is 12.1 Å². The molecule has 0 unspecified atom stereocenters. The SMILES string of the molecule is NC(=O)N(CCCCN1CCN(c2cccc3c2OCCCC3)CC1)c1c[nH]c2ncccc12. The van der Waals surface area contributed by atoms with Crippen molar-refractivity contribution in [2.24, 2.45) is 5.73 Å². The Hall–Kier alpha value is -3.26. The molecule has 8 heteroatoms. The summed E-state index contributed by atoms with van der Waals surface area (Å²) in [7, 11) is 0. The number of hydrogen-bond acceptors (Lipinski definition) is 5.